The zero-order chi connectivity index (χ0) is 17.3. The number of pyridine rings is 1. The Kier molecular flexibility index (Phi) is 4.39. The van der Waals surface area contributed by atoms with E-state index in [2.05, 4.69) is 4.98 Å². The molecule has 1 spiro atoms. The molecule has 0 radical (unpaired) electrons. The summed E-state index contributed by atoms with van der Waals surface area (Å²) in [6, 6.07) is 10.5. The van der Waals surface area contributed by atoms with E-state index in [1.54, 1.807) is 30.6 Å². The minimum absolute atomic E-state index is 0.0109. The van der Waals surface area contributed by atoms with Gasteiger partial charge < -0.3 is 14.7 Å². The normalized spacial score (nSPS) is 21.3. The maximum absolute atomic E-state index is 12.5. The Morgan fingerprint density at radius 3 is 2.88 bits per heavy atom. The molecule has 130 valence electrons. The smallest absolute Gasteiger partial charge is 0.254 e. The van der Waals surface area contributed by atoms with Gasteiger partial charge in [-0.25, -0.2) is 0 Å². The van der Waals surface area contributed by atoms with Crippen LogP contribution in [0.15, 0.2) is 48.8 Å². The Balaban J connectivity index is 1.29. The quantitative estimate of drug-likeness (QED) is 0.913. The van der Waals surface area contributed by atoms with Crippen molar-refractivity contribution in [2.75, 3.05) is 18.8 Å². The number of phenols is 1. The molecule has 2 aromatic rings. The number of amides is 1. The molecule has 2 aliphatic heterocycles. The highest BCUT2D eigenvalue weighted by Crippen LogP contribution is 2.46. The first-order valence-electron chi connectivity index (χ1n) is 8.36. The van der Waals surface area contributed by atoms with E-state index in [9.17, 15) is 9.90 Å². The van der Waals surface area contributed by atoms with Crippen molar-refractivity contribution >= 4 is 17.7 Å². The SMILES string of the molecule is O=C(c1cccc(O)c1)N1CC2(C[C@H](OCc3ccncc3)CS2)C1. The van der Waals surface area contributed by atoms with Crippen molar-refractivity contribution in [3.05, 3.63) is 59.9 Å². The number of aromatic nitrogens is 1. The number of likely N-dealkylation sites (tertiary alicyclic amines) is 1. The number of nitrogens with zero attached hydrogens (tertiary/aromatic N) is 2. The van der Waals surface area contributed by atoms with Crippen LogP contribution in [0.5, 0.6) is 5.75 Å². The van der Waals surface area contributed by atoms with E-state index in [0.717, 1.165) is 30.8 Å². The molecule has 1 amide bonds. The van der Waals surface area contributed by atoms with Crippen molar-refractivity contribution in [2.24, 2.45) is 0 Å². The number of hydrogen-bond acceptors (Lipinski definition) is 5. The predicted octanol–water partition coefficient (Wildman–Crippen LogP) is 2.70. The van der Waals surface area contributed by atoms with Crippen LogP contribution in [0.2, 0.25) is 0 Å². The lowest BCUT2D eigenvalue weighted by atomic mass is 9.92. The fourth-order valence-electron chi connectivity index (χ4n) is 3.44. The second-order valence-electron chi connectivity index (χ2n) is 6.70. The molecule has 25 heavy (non-hydrogen) atoms. The average Bonchev–Trinajstić information content (AvgIpc) is 3.04. The zero-order valence-electron chi connectivity index (χ0n) is 13.8. The van der Waals surface area contributed by atoms with Crippen molar-refractivity contribution in [3.63, 3.8) is 0 Å². The summed E-state index contributed by atoms with van der Waals surface area (Å²) in [5.74, 6) is 1.09. The molecule has 2 aliphatic rings. The Labute approximate surface area is 151 Å². The summed E-state index contributed by atoms with van der Waals surface area (Å²) in [4.78, 5) is 18.3. The van der Waals surface area contributed by atoms with Gasteiger partial charge in [0.05, 0.1) is 17.5 Å². The van der Waals surface area contributed by atoms with Crippen molar-refractivity contribution in [1.29, 1.82) is 0 Å². The molecule has 1 atom stereocenters. The molecule has 1 aromatic carbocycles. The molecule has 1 N–H and O–H groups in total. The number of phenolic OH excluding ortho intramolecular Hbond substituents is 1. The molecule has 0 bridgehead atoms. The van der Waals surface area contributed by atoms with Gasteiger partial charge in [-0.3, -0.25) is 9.78 Å². The molecule has 0 aliphatic carbocycles. The molecule has 0 unspecified atom stereocenters. The highest BCUT2D eigenvalue weighted by Gasteiger charge is 2.51. The third-order valence-corrected chi connectivity index (χ3v) is 6.32. The summed E-state index contributed by atoms with van der Waals surface area (Å²) in [5, 5.41) is 9.53. The fourth-order valence-corrected chi connectivity index (χ4v) is 4.99. The second kappa shape index (κ2) is 6.69. The third-order valence-electron chi connectivity index (χ3n) is 4.75. The van der Waals surface area contributed by atoms with Crippen molar-refractivity contribution in [2.45, 2.75) is 23.9 Å². The van der Waals surface area contributed by atoms with Crippen LogP contribution in [-0.4, -0.2) is 50.6 Å². The molecule has 1 aromatic heterocycles. The largest absolute Gasteiger partial charge is 0.508 e. The number of carbonyl (C=O) groups excluding carboxylic acids is 1. The van der Waals surface area contributed by atoms with E-state index in [1.807, 2.05) is 28.8 Å². The van der Waals surface area contributed by atoms with Gasteiger partial charge in [0.25, 0.3) is 5.91 Å². The summed E-state index contributed by atoms with van der Waals surface area (Å²) < 4.78 is 6.17. The number of aromatic hydroxyl groups is 1. The molecule has 0 saturated carbocycles. The fraction of sp³-hybridized carbons (Fsp3) is 0.368. The van der Waals surface area contributed by atoms with E-state index < -0.39 is 0 Å². The highest BCUT2D eigenvalue weighted by atomic mass is 32.2. The highest BCUT2D eigenvalue weighted by molar-refractivity contribution is 8.01. The number of hydrogen-bond donors (Lipinski definition) is 1. The summed E-state index contributed by atoms with van der Waals surface area (Å²) in [6.07, 6.45) is 4.77. The molecule has 6 heteroatoms. The van der Waals surface area contributed by atoms with Gasteiger partial charge >= 0.3 is 0 Å². The summed E-state index contributed by atoms with van der Waals surface area (Å²) in [6.45, 7) is 2.11. The lowest BCUT2D eigenvalue weighted by Gasteiger charge is -2.47. The monoisotopic (exact) mass is 356 g/mol. The van der Waals surface area contributed by atoms with Crippen molar-refractivity contribution in [3.8, 4) is 5.75 Å². The van der Waals surface area contributed by atoms with Crippen molar-refractivity contribution in [1.82, 2.24) is 9.88 Å². The van der Waals surface area contributed by atoms with Crippen LogP contribution < -0.4 is 0 Å². The minimum Gasteiger partial charge on any atom is -0.508 e. The first-order valence-corrected chi connectivity index (χ1v) is 9.35. The maximum atomic E-state index is 12.5. The number of carbonyl (C=O) groups is 1. The molecular weight excluding hydrogens is 336 g/mol. The molecule has 5 nitrogen and oxygen atoms in total. The summed E-state index contributed by atoms with van der Waals surface area (Å²) in [7, 11) is 0. The zero-order valence-corrected chi connectivity index (χ0v) is 14.6. The topological polar surface area (TPSA) is 62.7 Å². The first kappa shape index (κ1) is 16.4. The van der Waals surface area contributed by atoms with Crippen LogP contribution in [0.1, 0.15) is 22.3 Å². The van der Waals surface area contributed by atoms with E-state index in [4.69, 9.17) is 4.74 Å². The standard InChI is InChI=1S/C19H20N2O3S/c22-16-3-1-2-15(8-16)18(23)21-12-19(13-21)9-17(11-25-19)24-10-14-4-6-20-7-5-14/h1-8,17,22H,9-13H2/t17-/m0/s1. The van der Waals surface area contributed by atoms with Crippen LogP contribution in [0.4, 0.5) is 0 Å². The summed E-state index contributed by atoms with van der Waals surface area (Å²) >= 11 is 1.91. The van der Waals surface area contributed by atoms with E-state index in [0.29, 0.717) is 12.2 Å². The Morgan fingerprint density at radius 2 is 2.12 bits per heavy atom. The van der Waals surface area contributed by atoms with Gasteiger partial charge in [0.15, 0.2) is 0 Å². The number of rotatable bonds is 4. The van der Waals surface area contributed by atoms with Crippen LogP contribution in [-0.2, 0) is 11.3 Å². The second-order valence-corrected chi connectivity index (χ2v) is 8.19. The van der Waals surface area contributed by atoms with Gasteiger partial charge in [-0.2, -0.15) is 0 Å². The van der Waals surface area contributed by atoms with Gasteiger partial charge in [-0.15, -0.1) is 11.8 Å². The Hall–Kier alpha value is -2.05. The van der Waals surface area contributed by atoms with Crippen LogP contribution in [0.3, 0.4) is 0 Å². The van der Waals surface area contributed by atoms with Crippen molar-refractivity contribution < 1.29 is 14.6 Å². The van der Waals surface area contributed by atoms with Crippen LogP contribution in [0.25, 0.3) is 0 Å². The van der Waals surface area contributed by atoms with E-state index in [-0.39, 0.29) is 22.5 Å². The average molecular weight is 356 g/mol. The van der Waals surface area contributed by atoms with Crippen LogP contribution in [0, 0.1) is 0 Å². The van der Waals surface area contributed by atoms with Gasteiger partial charge in [0.2, 0.25) is 0 Å². The van der Waals surface area contributed by atoms with Gasteiger partial charge in [-0.05, 0) is 42.3 Å². The summed E-state index contributed by atoms with van der Waals surface area (Å²) in [5.41, 5.74) is 1.68. The van der Waals surface area contributed by atoms with Gasteiger partial charge in [-0.1, -0.05) is 6.07 Å². The maximum Gasteiger partial charge on any atom is 0.254 e. The molecule has 2 fully saturated rings. The Morgan fingerprint density at radius 1 is 1.32 bits per heavy atom. The minimum atomic E-state index is -0.0109. The molecule has 2 saturated heterocycles. The van der Waals surface area contributed by atoms with Crippen LogP contribution >= 0.6 is 11.8 Å². The van der Waals surface area contributed by atoms with Gasteiger partial charge in [0, 0.05) is 36.8 Å². The van der Waals surface area contributed by atoms with E-state index in [1.165, 1.54) is 6.07 Å². The van der Waals surface area contributed by atoms with Gasteiger partial charge in [0.1, 0.15) is 5.75 Å². The molecular formula is C19H20N2O3S. The first-order chi connectivity index (χ1) is 12.1. The lowest BCUT2D eigenvalue weighted by molar-refractivity contribution is 0.0255. The predicted molar refractivity (Wildman–Crippen MR) is 96.6 cm³/mol. The number of ether oxygens (including phenoxy) is 1. The molecule has 3 heterocycles. The Bertz CT molecular complexity index is 762. The molecule has 4 rings (SSSR count). The number of thioether (sulfide) groups is 1. The third kappa shape index (κ3) is 3.50. The van der Waals surface area contributed by atoms with E-state index >= 15 is 0 Å². The number of benzene rings is 1. The lowest BCUT2D eigenvalue weighted by Crippen LogP contribution is -2.60.